The number of ether oxygens (including phenoxy) is 2. The zero-order valence-corrected chi connectivity index (χ0v) is 17.6. The van der Waals surface area contributed by atoms with Crippen LogP contribution in [0.15, 0.2) is 48.5 Å². The summed E-state index contributed by atoms with van der Waals surface area (Å²) in [6.07, 6.45) is 7.31. The molecule has 0 heterocycles. The Morgan fingerprint density at radius 1 is 0.700 bits per heavy atom. The Morgan fingerprint density at radius 3 is 1.53 bits per heavy atom. The molecule has 2 aromatic rings. The number of anilines is 2. The minimum absolute atomic E-state index is 0.359. The van der Waals surface area contributed by atoms with Crippen LogP contribution in [0.4, 0.5) is 11.4 Å². The number of nitrogens with two attached hydrogens (primary N) is 2. The number of nitrogen functional groups attached to an aromatic ring is 2. The van der Waals surface area contributed by atoms with Crippen LogP contribution in [-0.2, 0) is 9.47 Å². The first-order valence-electron chi connectivity index (χ1n) is 10.6. The molecule has 0 aliphatic heterocycles. The molecule has 0 radical (unpaired) electrons. The maximum absolute atomic E-state index is 12.5. The van der Waals surface area contributed by atoms with Crippen LogP contribution in [0.3, 0.4) is 0 Å². The van der Waals surface area contributed by atoms with Gasteiger partial charge in [0.25, 0.3) is 0 Å². The predicted octanol–water partition coefficient (Wildman–Crippen LogP) is 5.33. The fourth-order valence-corrected chi connectivity index (χ4v) is 3.02. The van der Waals surface area contributed by atoms with Crippen LogP contribution in [-0.4, -0.2) is 18.2 Å². The molecule has 6 heteroatoms. The van der Waals surface area contributed by atoms with Crippen molar-refractivity contribution in [3.63, 3.8) is 0 Å². The third-order valence-electron chi connectivity index (χ3n) is 4.81. The Labute approximate surface area is 178 Å². The van der Waals surface area contributed by atoms with Crippen LogP contribution in [0.1, 0.15) is 79.0 Å². The van der Waals surface area contributed by atoms with Gasteiger partial charge in [0.15, 0.2) is 0 Å². The van der Waals surface area contributed by atoms with E-state index in [4.69, 9.17) is 20.9 Å². The minimum atomic E-state index is -0.948. The summed E-state index contributed by atoms with van der Waals surface area (Å²) in [7, 11) is 0. The van der Waals surface area contributed by atoms with Crippen molar-refractivity contribution in [2.24, 2.45) is 0 Å². The number of carbonyl (C=O) groups excluding carboxylic acids is 2. The molecule has 2 rings (SSSR count). The summed E-state index contributed by atoms with van der Waals surface area (Å²) in [4.78, 5) is 24.9. The molecule has 0 aliphatic rings. The third kappa shape index (κ3) is 8.15. The molecule has 0 amide bonds. The minimum Gasteiger partial charge on any atom is -0.422 e. The predicted molar refractivity (Wildman–Crippen MR) is 119 cm³/mol. The van der Waals surface area contributed by atoms with Crippen LogP contribution < -0.4 is 11.5 Å². The molecular formula is C24H32N2O4. The molecule has 0 aromatic heterocycles. The van der Waals surface area contributed by atoms with E-state index in [1.807, 2.05) is 0 Å². The van der Waals surface area contributed by atoms with E-state index in [0.29, 0.717) is 28.9 Å². The van der Waals surface area contributed by atoms with E-state index in [2.05, 4.69) is 6.92 Å². The van der Waals surface area contributed by atoms with Crippen molar-refractivity contribution < 1.29 is 19.1 Å². The highest BCUT2D eigenvalue weighted by Crippen LogP contribution is 2.17. The maximum atomic E-state index is 12.5. The van der Waals surface area contributed by atoms with E-state index < -0.39 is 18.2 Å². The summed E-state index contributed by atoms with van der Waals surface area (Å²) < 4.78 is 11.0. The van der Waals surface area contributed by atoms with Crippen molar-refractivity contribution in [2.45, 2.75) is 64.6 Å². The highest BCUT2D eigenvalue weighted by molar-refractivity contribution is 5.91. The summed E-state index contributed by atoms with van der Waals surface area (Å²) in [6.45, 7) is 2.19. The molecule has 0 spiro atoms. The molecule has 0 atom stereocenters. The lowest BCUT2D eigenvalue weighted by Crippen LogP contribution is -2.25. The summed E-state index contributed by atoms with van der Waals surface area (Å²) >= 11 is 0. The average molecular weight is 413 g/mol. The Bertz CT molecular complexity index is 728. The van der Waals surface area contributed by atoms with Crippen LogP contribution in [0.2, 0.25) is 0 Å². The van der Waals surface area contributed by atoms with Gasteiger partial charge in [0, 0.05) is 17.8 Å². The van der Waals surface area contributed by atoms with Crippen molar-refractivity contribution in [1.29, 1.82) is 0 Å². The summed E-state index contributed by atoms with van der Waals surface area (Å²) in [5.74, 6) is -1.10. The van der Waals surface area contributed by atoms with E-state index in [0.717, 1.165) is 19.3 Å². The van der Waals surface area contributed by atoms with E-state index >= 15 is 0 Å². The Balaban J connectivity index is 1.94. The first-order chi connectivity index (χ1) is 14.5. The third-order valence-corrected chi connectivity index (χ3v) is 4.81. The summed E-state index contributed by atoms with van der Waals surface area (Å²) in [5, 5.41) is 0. The van der Waals surface area contributed by atoms with Crippen molar-refractivity contribution in [1.82, 2.24) is 0 Å². The van der Waals surface area contributed by atoms with E-state index in [1.54, 1.807) is 48.5 Å². The number of unbranched alkanes of at least 4 members (excludes halogenated alkanes) is 6. The topological polar surface area (TPSA) is 105 Å². The molecule has 0 saturated heterocycles. The van der Waals surface area contributed by atoms with Crippen LogP contribution in [0, 0.1) is 0 Å². The fourth-order valence-electron chi connectivity index (χ4n) is 3.02. The van der Waals surface area contributed by atoms with Gasteiger partial charge in [-0.15, -0.1) is 0 Å². The van der Waals surface area contributed by atoms with Crippen molar-refractivity contribution in [3.05, 3.63) is 59.7 Å². The van der Waals surface area contributed by atoms with Gasteiger partial charge in [0.2, 0.25) is 6.29 Å². The monoisotopic (exact) mass is 412 g/mol. The number of rotatable bonds is 12. The van der Waals surface area contributed by atoms with Gasteiger partial charge in [-0.2, -0.15) is 0 Å². The van der Waals surface area contributed by atoms with Gasteiger partial charge in [-0.3, -0.25) is 0 Å². The largest absolute Gasteiger partial charge is 0.422 e. The molecule has 0 saturated carbocycles. The van der Waals surface area contributed by atoms with Crippen LogP contribution in [0.25, 0.3) is 0 Å². The zero-order valence-electron chi connectivity index (χ0n) is 17.6. The van der Waals surface area contributed by atoms with Crippen LogP contribution in [0.5, 0.6) is 0 Å². The summed E-state index contributed by atoms with van der Waals surface area (Å²) in [5.41, 5.74) is 13.2. The Kier molecular flexibility index (Phi) is 9.71. The lowest BCUT2D eigenvalue weighted by Gasteiger charge is -2.18. The second kappa shape index (κ2) is 12.5. The molecule has 0 bridgehead atoms. The zero-order chi connectivity index (χ0) is 21.8. The summed E-state index contributed by atoms with van der Waals surface area (Å²) in [6, 6.07) is 12.9. The van der Waals surface area contributed by atoms with E-state index in [1.165, 1.54) is 25.7 Å². The molecule has 4 N–H and O–H groups in total. The highest BCUT2D eigenvalue weighted by atomic mass is 16.7. The molecular weight excluding hydrogens is 380 g/mol. The number of hydrogen-bond acceptors (Lipinski definition) is 6. The van der Waals surface area contributed by atoms with Crippen molar-refractivity contribution in [3.8, 4) is 0 Å². The van der Waals surface area contributed by atoms with E-state index in [9.17, 15) is 9.59 Å². The molecule has 6 nitrogen and oxygen atoms in total. The number of hydrogen-bond donors (Lipinski definition) is 2. The molecule has 2 aromatic carbocycles. The quantitative estimate of drug-likeness (QED) is 0.211. The second-order valence-corrected chi connectivity index (χ2v) is 7.39. The number of esters is 2. The van der Waals surface area contributed by atoms with Crippen LogP contribution >= 0.6 is 0 Å². The lowest BCUT2D eigenvalue weighted by molar-refractivity contribution is -0.0838. The van der Waals surface area contributed by atoms with Gasteiger partial charge in [-0.25, -0.2) is 9.59 Å². The first-order valence-corrected chi connectivity index (χ1v) is 10.6. The van der Waals surface area contributed by atoms with Gasteiger partial charge < -0.3 is 20.9 Å². The average Bonchev–Trinajstić information content (AvgIpc) is 2.73. The number of benzene rings is 2. The molecule has 0 fully saturated rings. The van der Waals surface area contributed by atoms with Gasteiger partial charge in [0.05, 0.1) is 11.1 Å². The maximum Gasteiger partial charge on any atom is 0.341 e. The second-order valence-electron chi connectivity index (χ2n) is 7.39. The van der Waals surface area contributed by atoms with Gasteiger partial charge >= 0.3 is 11.9 Å². The van der Waals surface area contributed by atoms with Crippen molar-refractivity contribution >= 4 is 23.3 Å². The SMILES string of the molecule is CCCCCCCCCC(OC(=O)c1ccc(N)cc1)OC(=O)c1ccc(N)cc1. The highest BCUT2D eigenvalue weighted by Gasteiger charge is 2.21. The number of carbonyl (C=O) groups is 2. The normalized spacial score (nSPS) is 10.7. The molecule has 30 heavy (non-hydrogen) atoms. The molecule has 0 unspecified atom stereocenters. The fraction of sp³-hybridized carbons (Fsp3) is 0.417. The van der Waals surface area contributed by atoms with Gasteiger partial charge in [-0.1, -0.05) is 45.4 Å². The Morgan fingerprint density at radius 2 is 1.10 bits per heavy atom. The first kappa shape index (κ1) is 23.3. The van der Waals surface area contributed by atoms with Gasteiger partial charge in [-0.05, 0) is 55.0 Å². The smallest absolute Gasteiger partial charge is 0.341 e. The Hall–Kier alpha value is -3.02. The molecule has 162 valence electrons. The van der Waals surface area contributed by atoms with E-state index in [-0.39, 0.29) is 0 Å². The van der Waals surface area contributed by atoms with Crippen molar-refractivity contribution in [2.75, 3.05) is 11.5 Å². The molecule has 0 aliphatic carbocycles. The lowest BCUT2D eigenvalue weighted by atomic mass is 10.1. The standard InChI is InChI=1S/C24H32N2O4/c1-2-3-4-5-6-7-8-9-22(29-23(27)18-10-14-20(25)15-11-18)30-24(28)19-12-16-21(26)17-13-19/h10-17,22H,2-9,25-26H2,1H3. The van der Waals surface area contributed by atoms with Gasteiger partial charge in [0.1, 0.15) is 0 Å².